The van der Waals surface area contributed by atoms with Gasteiger partial charge < -0.3 is 9.47 Å². The van der Waals surface area contributed by atoms with Crippen LogP contribution in [0.15, 0.2) is 30.3 Å². The summed E-state index contributed by atoms with van der Waals surface area (Å²) in [5, 5.41) is 1.20. The third kappa shape index (κ3) is 3.02. The van der Waals surface area contributed by atoms with Crippen molar-refractivity contribution in [1.82, 2.24) is 4.98 Å². The lowest BCUT2D eigenvalue weighted by molar-refractivity contribution is 0.0603. The SMILES string of the molecule is COCCOCc1cc(C)c2ccccc2n1. The molecule has 90 valence electrons. The molecule has 0 unspecified atom stereocenters. The minimum absolute atomic E-state index is 0.537. The van der Waals surface area contributed by atoms with E-state index in [1.807, 2.05) is 18.2 Å². The van der Waals surface area contributed by atoms with E-state index in [2.05, 4.69) is 24.0 Å². The second-order valence-electron chi connectivity index (χ2n) is 3.99. The third-order valence-corrected chi connectivity index (χ3v) is 2.66. The fourth-order valence-corrected chi connectivity index (χ4v) is 1.81. The van der Waals surface area contributed by atoms with Gasteiger partial charge in [0.15, 0.2) is 0 Å². The summed E-state index contributed by atoms with van der Waals surface area (Å²) in [5.74, 6) is 0. The number of fused-ring (bicyclic) bond motifs is 1. The van der Waals surface area contributed by atoms with Gasteiger partial charge in [-0.2, -0.15) is 0 Å². The highest BCUT2D eigenvalue weighted by Gasteiger charge is 2.02. The Morgan fingerprint density at radius 3 is 2.82 bits per heavy atom. The van der Waals surface area contributed by atoms with Gasteiger partial charge in [0.25, 0.3) is 0 Å². The van der Waals surface area contributed by atoms with Crippen LogP contribution in [-0.2, 0) is 16.1 Å². The number of hydrogen-bond donors (Lipinski definition) is 0. The van der Waals surface area contributed by atoms with E-state index in [1.165, 1.54) is 10.9 Å². The van der Waals surface area contributed by atoms with E-state index in [4.69, 9.17) is 9.47 Å². The lowest BCUT2D eigenvalue weighted by Crippen LogP contribution is -2.03. The number of ether oxygens (including phenoxy) is 2. The first-order valence-corrected chi connectivity index (χ1v) is 5.73. The normalized spacial score (nSPS) is 10.9. The molecule has 1 heterocycles. The number of hydrogen-bond acceptors (Lipinski definition) is 3. The molecular formula is C14H17NO2. The van der Waals surface area contributed by atoms with E-state index in [9.17, 15) is 0 Å². The summed E-state index contributed by atoms with van der Waals surface area (Å²) < 4.78 is 10.4. The highest BCUT2D eigenvalue weighted by atomic mass is 16.5. The molecule has 2 aromatic rings. The summed E-state index contributed by atoms with van der Waals surface area (Å²) in [4.78, 5) is 4.57. The van der Waals surface area contributed by atoms with E-state index in [-0.39, 0.29) is 0 Å². The summed E-state index contributed by atoms with van der Waals surface area (Å²) in [5.41, 5.74) is 3.23. The Hall–Kier alpha value is -1.45. The zero-order valence-corrected chi connectivity index (χ0v) is 10.3. The van der Waals surface area contributed by atoms with Crippen LogP contribution in [0.3, 0.4) is 0 Å². The maximum atomic E-state index is 5.48. The van der Waals surface area contributed by atoms with Gasteiger partial charge in [0.05, 0.1) is 31.0 Å². The number of rotatable bonds is 5. The second-order valence-corrected chi connectivity index (χ2v) is 3.99. The maximum Gasteiger partial charge on any atom is 0.0889 e. The Kier molecular flexibility index (Phi) is 4.07. The summed E-state index contributed by atoms with van der Waals surface area (Å²) >= 11 is 0. The molecule has 1 aromatic heterocycles. The van der Waals surface area contributed by atoms with Crippen molar-refractivity contribution in [2.24, 2.45) is 0 Å². The molecule has 0 N–H and O–H groups in total. The molecule has 1 aromatic carbocycles. The molecule has 3 heteroatoms. The van der Waals surface area contributed by atoms with Gasteiger partial charge in [0.2, 0.25) is 0 Å². The molecule has 2 rings (SSSR count). The first kappa shape index (κ1) is 12.0. The molecule has 0 spiro atoms. The molecule has 0 radical (unpaired) electrons. The molecule has 17 heavy (non-hydrogen) atoms. The molecular weight excluding hydrogens is 214 g/mol. The monoisotopic (exact) mass is 231 g/mol. The van der Waals surface area contributed by atoms with Gasteiger partial charge in [-0.05, 0) is 24.6 Å². The van der Waals surface area contributed by atoms with Crippen molar-refractivity contribution in [2.75, 3.05) is 20.3 Å². The fraction of sp³-hybridized carbons (Fsp3) is 0.357. The first-order chi connectivity index (χ1) is 8.31. The topological polar surface area (TPSA) is 31.4 Å². The van der Waals surface area contributed by atoms with Crippen LogP contribution < -0.4 is 0 Å². The van der Waals surface area contributed by atoms with Gasteiger partial charge in [-0.15, -0.1) is 0 Å². The third-order valence-electron chi connectivity index (χ3n) is 2.66. The standard InChI is InChI=1S/C14H17NO2/c1-11-9-12(10-17-8-7-16-2)15-14-6-4-3-5-13(11)14/h3-6,9H,7-8,10H2,1-2H3. The van der Waals surface area contributed by atoms with Crippen molar-refractivity contribution in [3.05, 3.63) is 41.6 Å². The molecule has 0 saturated heterocycles. The van der Waals surface area contributed by atoms with Gasteiger partial charge in [-0.25, -0.2) is 0 Å². The first-order valence-electron chi connectivity index (χ1n) is 5.73. The number of methoxy groups -OCH3 is 1. The molecule has 0 aliphatic rings. The van der Waals surface area contributed by atoms with Crippen molar-refractivity contribution in [1.29, 1.82) is 0 Å². The molecule has 0 atom stereocenters. The predicted molar refractivity (Wildman–Crippen MR) is 68.0 cm³/mol. The van der Waals surface area contributed by atoms with Crippen molar-refractivity contribution >= 4 is 10.9 Å². The van der Waals surface area contributed by atoms with Crippen LogP contribution in [0.5, 0.6) is 0 Å². The average molecular weight is 231 g/mol. The van der Waals surface area contributed by atoms with Crippen molar-refractivity contribution in [3.63, 3.8) is 0 Å². The van der Waals surface area contributed by atoms with Crippen molar-refractivity contribution in [2.45, 2.75) is 13.5 Å². The second kappa shape index (κ2) is 5.75. The van der Waals surface area contributed by atoms with Gasteiger partial charge in [-0.3, -0.25) is 4.98 Å². The van der Waals surface area contributed by atoms with Crippen LogP contribution in [-0.4, -0.2) is 25.3 Å². The van der Waals surface area contributed by atoms with Crippen LogP contribution in [0.25, 0.3) is 10.9 Å². The van der Waals surface area contributed by atoms with E-state index in [0.717, 1.165) is 11.2 Å². The van der Waals surface area contributed by atoms with Gasteiger partial charge in [-0.1, -0.05) is 18.2 Å². The van der Waals surface area contributed by atoms with E-state index in [1.54, 1.807) is 7.11 Å². The lowest BCUT2D eigenvalue weighted by atomic mass is 10.1. The number of para-hydroxylation sites is 1. The molecule has 0 saturated carbocycles. The quantitative estimate of drug-likeness (QED) is 0.741. The highest BCUT2D eigenvalue weighted by molar-refractivity contribution is 5.81. The van der Waals surface area contributed by atoms with Crippen LogP contribution in [0.2, 0.25) is 0 Å². The fourth-order valence-electron chi connectivity index (χ4n) is 1.81. The highest BCUT2D eigenvalue weighted by Crippen LogP contribution is 2.17. The minimum atomic E-state index is 0.537. The smallest absolute Gasteiger partial charge is 0.0889 e. The molecule has 0 amide bonds. The predicted octanol–water partition coefficient (Wildman–Crippen LogP) is 2.71. The zero-order valence-electron chi connectivity index (χ0n) is 10.3. The Bertz CT molecular complexity index is 497. The summed E-state index contributed by atoms with van der Waals surface area (Å²) in [6.07, 6.45) is 0. The molecule has 0 aliphatic carbocycles. The summed E-state index contributed by atoms with van der Waals surface area (Å²) in [6, 6.07) is 10.2. The van der Waals surface area contributed by atoms with Crippen molar-refractivity contribution < 1.29 is 9.47 Å². The number of aryl methyl sites for hydroxylation is 1. The number of aromatic nitrogens is 1. The van der Waals surface area contributed by atoms with Crippen LogP contribution in [0.4, 0.5) is 0 Å². The number of nitrogens with zero attached hydrogens (tertiary/aromatic N) is 1. The Labute approximate surface area is 101 Å². The zero-order chi connectivity index (χ0) is 12.1. The maximum absolute atomic E-state index is 5.48. The lowest BCUT2D eigenvalue weighted by Gasteiger charge is -2.07. The van der Waals surface area contributed by atoms with E-state index in [0.29, 0.717) is 19.8 Å². The Balaban J connectivity index is 2.13. The Morgan fingerprint density at radius 2 is 2.00 bits per heavy atom. The summed E-state index contributed by atoms with van der Waals surface area (Å²) in [7, 11) is 1.67. The number of benzene rings is 1. The van der Waals surface area contributed by atoms with E-state index < -0.39 is 0 Å². The van der Waals surface area contributed by atoms with Gasteiger partial charge in [0.1, 0.15) is 0 Å². The minimum Gasteiger partial charge on any atom is -0.382 e. The largest absolute Gasteiger partial charge is 0.382 e. The average Bonchev–Trinajstić information content (AvgIpc) is 2.35. The molecule has 0 aliphatic heterocycles. The number of pyridine rings is 1. The van der Waals surface area contributed by atoms with Gasteiger partial charge >= 0.3 is 0 Å². The van der Waals surface area contributed by atoms with Gasteiger partial charge in [0, 0.05) is 12.5 Å². The van der Waals surface area contributed by atoms with Crippen molar-refractivity contribution in [3.8, 4) is 0 Å². The molecule has 0 fully saturated rings. The molecule has 0 bridgehead atoms. The Morgan fingerprint density at radius 1 is 1.18 bits per heavy atom. The van der Waals surface area contributed by atoms with Crippen LogP contribution >= 0.6 is 0 Å². The van der Waals surface area contributed by atoms with E-state index >= 15 is 0 Å². The summed E-state index contributed by atoms with van der Waals surface area (Å²) in [6.45, 7) is 3.86. The van der Waals surface area contributed by atoms with Crippen LogP contribution in [0, 0.1) is 6.92 Å². The van der Waals surface area contributed by atoms with Crippen LogP contribution in [0.1, 0.15) is 11.3 Å². The molecule has 3 nitrogen and oxygen atoms in total.